The SMILES string of the molecule is CN(Cc1cnc2nc(N[Si](C)(C)C)nc(N[Si](C)(C)C)c2n1)c1ccc(C(=O)N[C@@H](CCC(=O)O[Si](C)(C)C)C(=O)O[Si](C)(C)C)cc1. The first kappa shape index (κ1) is 39.8. The monoisotopic (exact) mass is 742 g/mol. The Labute approximate surface area is 294 Å². The Balaban J connectivity index is 1.76. The summed E-state index contributed by atoms with van der Waals surface area (Å²) in [6, 6.07) is 6.09. The number of nitrogens with zero attached hydrogens (tertiary/aromatic N) is 5. The van der Waals surface area contributed by atoms with Gasteiger partial charge in [0.1, 0.15) is 28.0 Å². The van der Waals surface area contributed by atoms with E-state index >= 15 is 0 Å². The van der Waals surface area contributed by atoms with E-state index in [2.05, 4.69) is 64.5 Å². The summed E-state index contributed by atoms with van der Waals surface area (Å²) in [5.41, 5.74) is 3.12. The highest BCUT2D eigenvalue weighted by atomic mass is 28.4. The van der Waals surface area contributed by atoms with Crippen molar-refractivity contribution in [3.8, 4) is 0 Å². The second-order valence-electron chi connectivity index (χ2n) is 16.3. The van der Waals surface area contributed by atoms with Gasteiger partial charge in [-0.2, -0.15) is 9.97 Å². The van der Waals surface area contributed by atoms with Gasteiger partial charge in [-0.25, -0.2) is 9.97 Å². The zero-order valence-corrected chi connectivity index (χ0v) is 35.4. The van der Waals surface area contributed by atoms with Crippen molar-refractivity contribution >= 4 is 79.6 Å². The van der Waals surface area contributed by atoms with Gasteiger partial charge in [-0.05, 0) is 70.0 Å². The average Bonchev–Trinajstić information content (AvgIpc) is 2.92. The molecular weight excluding hydrogens is 689 g/mol. The van der Waals surface area contributed by atoms with Crippen LogP contribution in [0.1, 0.15) is 28.9 Å². The average molecular weight is 743 g/mol. The summed E-state index contributed by atoms with van der Waals surface area (Å²) in [5, 5.41) is 2.78. The minimum absolute atomic E-state index is 0.00421. The fourth-order valence-electron chi connectivity index (χ4n) is 4.57. The van der Waals surface area contributed by atoms with E-state index in [4.69, 9.17) is 18.8 Å². The highest BCUT2D eigenvalue weighted by Gasteiger charge is 2.30. The molecular formula is C32H54N8O5Si4. The van der Waals surface area contributed by atoms with Crippen LogP contribution in [0.25, 0.3) is 11.2 Å². The first-order valence-corrected chi connectivity index (χ1v) is 30.4. The van der Waals surface area contributed by atoms with E-state index in [0.29, 0.717) is 35.0 Å². The van der Waals surface area contributed by atoms with Crippen molar-refractivity contribution in [1.29, 1.82) is 0 Å². The molecule has 3 N–H and O–H groups in total. The standard InChI is InChI=1S/C32H54N8O5Si4/c1-40(21-23-20-33-28-27(34-23)29(38-46(2,3)4)37-32(36-28)39-47(5,6)7)24-16-14-22(15-17-24)30(42)35-25(31(43)45-49(11,12)13)18-19-26(41)44-48(8,9)10/h14-17,20,25H,18-19,21H2,1-13H3,(H,35,42)(H2,33,36,37,38,39)/t25-/m0/s1. The summed E-state index contributed by atoms with van der Waals surface area (Å²) in [7, 11) is -5.85. The molecule has 0 unspecified atom stereocenters. The molecule has 0 radical (unpaired) electrons. The van der Waals surface area contributed by atoms with Gasteiger partial charge in [0.2, 0.25) is 22.6 Å². The minimum Gasteiger partial charge on any atom is -0.520 e. The Morgan fingerprint density at radius 2 is 1.39 bits per heavy atom. The zero-order chi connectivity index (χ0) is 36.9. The Bertz CT molecular complexity index is 1650. The van der Waals surface area contributed by atoms with E-state index < -0.39 is 51.0 Å². The van der Waals surface area contributed by atoms with Gasteiger partial charge in [0.15, 0.2) is 11.5 Å². The third-order valence-corrected chi connectivity index (χ3v) is 10.1. The highest BCUT2D eigenvalue weighted by Crippen LogP contribution is 2.24. The molecule has 0 fully saturated rings. The molecule has 1 amide bonds. The van der Waals surface area contributed by atoms with Crippen molar-refractivity contribution in [2.75, 3.05) is 21.9 Å². The Kier molecular flexibility index (Phi) is 12.6. The van der Waals surface area contributed by atoms with Gasteiger partial charge >= 0.3 is 5.97 Å². The lowest BCUT2D eigenvalue weighted by Crippen LogP contribution is -2.45. The van der Waals surface area contributed by atoms with Gasteiger partial charge in [0.05, 0.1) is 18.4 Å². The molecule has 3 aromatic rings. The molecule has 2 heterocycles. The number of aromatic nitrogens is 4. The topological polar surface area (TPSA) is 161 Å². The van der Waals surface area contributed by atoms with Crippen LogP contribution in [0, 0.1) is 0 Å². The summed E-state index contributed by atoms with van der Waals surface area (Å²) >= 11 is 0. The molecule has 1 aromatic carbocycles. The molecule has 2 aromatic heterocycles. The first-order chi connectivity index (χ1) is 22.4. The van der Waals surface area contributed by atoms with Gasteiger partial charge in [0.25, 0.3) is 11.9 Å². The second-order valence-corrected chi connectivity index (χ2v) is 34.6. The van der Waals surface area contributed by atoms with Crippen LogP contribution < -0.4 is 20.2 Å². The molecule has 0 saturated heterocycles. The first-order valence-electron chi connectivity index (χ1n) is 16.5. The number of anilines is 3. The fraction of sp³-hybridized carbons (Fsp3) is 0.531. The smallest absolute Gasteiger partial charge is 0.315 e. The summed E-state index contributed by atoms with van der Waals surface area (Å²) in [6.45, 7) is 25.0. The number of benzene rings is 1. The van der Waals surface area contributed by atoms with Crippen LogP contribution in [0.4, 0.5) is 17.5 Å². The molecule has 0 aliphatic rings. The third kappa shape index (κ3) is 13.6. The van der Waals surface area contributed by atoms with Gasteiger partial charge in [0, 0.05) is 24.7 Å². The Morgan fingerprint density at radius 3 is 1.94 bits per heavy atom. The van der Waals surface area contributed by atoms with Crippen molar-refractivity contribution in [1.82, 2.24) is 25.3 Å². The van der Waals surface area contributed by atoms with Crippen LogP contribution >= 0.6 is 0 Å². The van der Waals surface area contributed by atoms with Crippen molar-refractivity contribution in [3.63, 3.8) is 0 Å². The van der Waals surface area contributed by atoms with Crippen LogP contribution in [0.2, 0.25) is 78.6 Å². The molecule has 13 nitrogen and oxygen atoms in total. The highest BCUT2D eigenvalue weighted by molar-refractivity contribution is 6.79. The van der Waals surface area contributed by atoms with Crippen LogP contribution in [0.15, 0.2) is 30.5 Å². The molecule has 49 heavy (non-hydrogen) atoms. The van der Waals surface area contributed by atoms with Crippen LogP contribution in [-0.2, 0) is 25.0 Å². The maximum atomic E-state index is 13.3. The van der Waals surface area contributed by atoms with E-state index in [1.54, 1.807) is 18.3 Å². The normalized spacial score (nSPS) is 13.0. The van der Waals surface area contributed by atoms with Gasteiger partial charge < -0.3 is 29.0 Å². The van der Waals surface area contributed by atoms with E-state index in [-0.39, 0.29) is 18.8 Å². The van der Waals surface area contributed by atoms with E-state index in [0.717, 1.165) is 11.4 Å². The maximum Gasteiger partial charge on any atom is 0.315 e. The summed E-state index contributed by atoms with van der Waals surface area (Å²) in [5.74, 6) is -0.131. The lowest BCUT2D eigenvalue weighted by Gasteiger charge is -2.24. The van der Waals surface area contributed by atoms with Crippen LogP contribution in [-0.4, -0.2) is 84.0 Å². The largest absolute Gasteiger partial charge is 0.520 e. The van der Waals surface area contributed by atoms with E-state index in [1.165, 1.54) is 0 Å². The predicted octanol–water partition coefficient (Wildman–Crippen LogP) is 6.18. The number of hydrogen-bond acceptors (Lipinski definition) is 12. The molecule has 0 saturated carbocycles. The maximum absolute atomic E-state index is 13.3. The number of nitrogens with one attached hydrogen (secondary N) is 3. The summed E-state index contributed by atoms with van der Waals surface area (Å²) in [6.07, 6.45) is 1.81. The van der Waals surface area contributed by atoms with Crippen LogP contribution in [0.5, 0.6) is 0 Å². The summed E-state index contributed by atoms with van der Waals surface area (Å²) in [4.78, 5) is 66.7. The lowest BCUT2D eigenvalue weighted by molar-refractivity contribution is -0.138. The Morgan fingerprint density at radius 1 is 0.796 bits per heavy atom. The number of rotatable bonds is 15. The zero-order valence-electron chi connectivity index (χ0n) is 31.4. The minimum atomic E-state index is -2.24. The molecule has 0 aliphatic carbocycles. The molecule has 0 bridgehead atoms. The molecule has 1 atom stereocenters. The van der Waals surface area contributed by atoms with Gasteiger partial charge in [-0.1, -0.05) is 39.3 Å². The van der Waals surface area contributed by atoms with E-state index in [1.807, 2.05) is 63.4 Å². The molecule has 0 aliphatic heterocycles. The number of hydrogen-bond donors (Lipinski definition) is 3. The van der Waals surface area contributed by atoms with Gasteiger partial charge in [-0.15, -0.1) is 0 Å². The Hall–Kier alpha value is -3.68. The number of fused-ring (bicyclic) bond motifs is 1. The summed E-state index contributed by atoms with van der Waals surface area (Å²) < 4.78 is 11.2. The van der Waals surface area contributed by atoms with Crippen molar-refractivity contribution in [3.05, 3.63) is 41.7 Å². The van der Waals surface area contributed by atoms with Crippen molar-refractivity contribution in [2.24, 2.45) is 0 Å². The lowest BCUT2D eigenvalue weighted by atomic mass is 10.1. The van der Waals surface area contributed by atoms with E-state index in [9.17, 15) is 14.4 Å². The van der Waals surface area contributed by atoms with Crippen molar-refractivity contribution in [2.45, 2.75) is 104 Å². The predicted molar refractivity (Wildman–Crippen MR) is 207 cm³/mol. The fourth-order valence-corrected chi connectivity index (χ4v) is 7.77. The molecule has 0 spiro atoms. The molecule has 3 rings (SSSR count). The van der Waals surface area contributed by atoms with Crippen molar-refractivity contribution < 1.29 is 23.2 Å². The quantitative estimate of drug-likeness (QED) is 0.152. The molecule has 268 valence electrons. The number of carbonyl (C=O) groups is 3. The number of carbonyl (C=O) groups excluding carboxylic acids is 3. The number of amides is 1. The third-order valence-electron chi connectivity index (χ3n) is 6.46. The second kappa shape index (κ2) is 15.5. The van der Waals surface area contributed by atoms with Crippen LogP contribution in [0.3, 0.4) is 0 Å². The van der Waals surface area contributed by atoms with Gasteiger partial charge in [-0.3, -0.25) is 14.4 Å². The molecule has 17 heteroatoms.